The lowest BCUT2D eigenvalue weighted by Crippen LogP contribution is -2.45. The highest BCUT2D eigenvalue weighted by molar-refractivity contribution is 5.86. The molecule has 0 bridgehead atoms. The Balaban J connectivity index is 2.63. The van der Waals surface area contributed by atoms with Crippen molar-refractivity contribution in [3.8, 4) is 0 Å². The maximum atomic E-state index is 11.6. The van der Waals surface area contributed by atoms with E-state index in [2.05, 4.69) is 20.7 Å². The first-order valence-electron chi connectivity index (χ1n) is 6.62. The van der Waals surface area contributed by atoms with Crippen LogP contribution in [0.2, 0.25) is 0 Å². The van der Waals surface area contributed by atoms with Crippen molar-refractivity contribution in [1.82, 2.24) is 25.3 Å². The predicted octanol–water partition coefficient (Wildman–Crippen LogP) is -0.0481. The Morgan fingerprint density at radius 3 is 2.70 bits per heavy atom. The number of hydrogen-bond donors (Lipinski definition) is 2. The van der Waals surface area contributed by atoms with Crippen LogP contribution in [0.5, 0.6) is 0 Å². The molecule has 0 aliphatic rings. The van der Waals surface area contributed by atoms with E-state index < -0.39 is 0 Å². The molecule has 1 heterocycles. The van der Waals surface area contributed by atoms with Crippen LogP contribution in [0.15, 0.2) is 17.3 Å². The number of aryl methyl sites for hydroxylation is 1. The van der Waals surface area contributed by atoms with Crippen molar-refractivity contribution in [2.75, 3.05) is 20.6 Å². The SMILES string of the molecule is CC(C)NC(=NCc1ccnn1C)NCC(=O)N(C)C. The van der Waals surface area contributed by atoms with Gasteiger partial charge in [0, 0.05) is 33.4 Å². The summed E-state index contributed by atoms with van der Waals surface area (Å²) < 4.78 is 1.78. The van der Waals surface area contributed by atoms with Gasteiger partial charge in [0.2, 0.25) is 5.91 Å². The van der Waals surface area contributed by atoms with Gasteiger partial charge in [0.25, 0.3) is 0 Å². The fourth-order valence-electron chi connectivity index (χ4n) is 1.46. The molecule has 20 heavy (non-hydrogen) atoms. The van der Waals surface area contributed by atoms with Crippen LogP contribution in [0, 0.1) is 0 Å². The third-order valence-electron chi connectivity index (χ3n) is 2.65. The Kier molecular flexibility index (Phi) is 6.02. The molecule has 0 radical (unpaired) electrons. The maximum absolute atomic E-state index is 11.6. The molecule has 0 aliphatic heterocycles. The first-order valence-corrected chi connectivity index (χ1v) is 6.62. The fraction of sp³-hybridized carbons (Fsp3) is 0.615. The van der Waals surface area contributed by atoms with Crippen molar-refractivity contribution < 1.29 is 4.79 Å². The third kappa shape index (κ3) is 5.29. The standard InChI is InChI=1S/C13H24N6O/c1-10(2)17-13(15-9-12(20)18(3)4)14-8-11-6-7-16-19(11)5/h6-7,10H,8-9H2,1-5H3,(H2,14,15,17). The number of rotatable bonds is 5. The van der Waals surface area contributed by atoms with Gasteiger partial charge >= 0.3 is 0 Å². The summed E-state index contributed by atoms with van der Waals surface area (Å²) in [6, 6.07) is 2.16. The Bertz CT molecular complexity index is 463. The molecule has 2 N–H and O–H groups in total. The fourth-order valence-corrected chi connectivity index (χ4v) is 1.46. The van der Waals surface area contributed by atoms with Crippen LogP contribution in [-0.2, 0) is 18.4 Å². The lowest BCUT2D eigenvalue weighted by atomic mass is 10.4. The van der Waals surface area contributed by atoms with E-state index in [0.717, 1.165) is 5.69 Å². The minimum absolute atomic E-state index is 0.00351. The van der Waals surface area contributed by atoms with Gasteiger partial charge in [-0.3, -0.25) is 9.48 Å². The molecule has 0 fully saturated rings. The van der Waals surface area contributed by atoms with Crippen molar-refractivity contribution in [1.29, 1.82) is 0 Å². The summed E-state index contributed by atoms with van der Waals surface area (Å²) in [5, 5.41) is 10.3. The summed E-state index contributed by atoms with van der Waals surface area (Å²) in [5.74, 6) is 0.625. The second kappa shape index (κ2) is 7.52. The van der Waals surface area contributed by atoms with Crippen molar-refractivity contribution >= 4 is 11.9 Å². The van der Waals surface area contributed by atoms with E-state index in [-0.39, 0.29) is 18.5 Å². The van der Waals surface area contributed by atoms with Crippen molar-refractivity contribution in [2.45, 2.75) is 26.4 Å². The Morgan fingerprint density at radius 1 is 1.50 bits per heavy atom. The molecule has 0 aromatic carbocycles. The van der Waals surface area contributed by atoms with Crippen LogP contribution < -0.4 is 10.6 Å². The molecule has 7 nitrogen and oxygen atoms in total. The van der Waals surface area contributed by atoms with Crippen molar-refractivity contribution in [3.05, 3.63) is 18.0 Å². The van der Waals surface area contributed by atoms with Gasteiger partial charge in [0.15, 0.2) is 5.96 Å². The number of nitrogens with zero attached hydrogens (tertiary/aromatic N) is 4. The summed E-state index contributed by atoms with van der Waals surface area (Å²) in [6.45, 7) is 4.77. The van der Waals surface area contributed by atoms with E-state index in [9.17, 15) is 4.79 Å². The van der Waals surface area contributed by atoms with Gasteiger partial charge in [0.05, 0.1) is 18.8 Å². The smallest absolute Gasteiger partial charge is 0.241 e. The molecule has 1 aromatic rings. The number of nitrogens with one attached hydrogen (secondary N) is 2. The van der Waals surface area contributed by atoms with Gasteiger partial charge in [-0.1, -0.05) is 0 Å². The normalized spacial score (nSPS) is 11.6. The van der Waals surface area contributed by atoms with Crippen molar-refractivity contribution in [3.63, 3.8) is 0 Å². The van der Waals surface area contributed by atoms with Crippen LogP contribution >= 0.6 is 0 Å². The van der Waals surface area contributed by atoms with Crippen LogP contribution in [0.1, 0.15) is 19.5 Å². The lowest BCUT2D eigenvalue weighted by Gasteiger charge is -2.16. The number of carbonyl (C=O) groups excluding carboxylic acids is 1. The van der Waals surface area contributed by atoms with Crippen LogP contribution in [-0.4, -0.2) is 53.2 Å². The molecule has 0 spiro atoms. The Labute approximate surface area is 120 Å². The highest BCUT2D eigenvalue weighted by Gasteiger charge is 2.07. The summed E-state index contributed by atoms with van der Waals surface area (Å²) in [6.07, 6.45) is 1.74. The summed E-state index contributed by atoms with van der Waals surface area (Å²) >= 11 is 0. The second-order valence-corrected chi connectivity index (χ2v) is 5.05. The van der Waals surface area contributed by atoms with E-state index in [4.69, 9.17) is 0 Å². The Morgan fingerprint density at radius 2 is 2.20 bits per heavy atom. The zero-order chi connectivity index (χ0) is 15.1. The molecule has 1 aromatic heterocycles. The minimum Gasteiger partial charge on any atom is -0.354 e. The number of amides is 1. The van der Waals surface area contributed by atoms with E-state index >= 15 is 0 Å². The molecule has 1 rings (SSSR count). The maximum Gasteiger partial charge on any atom is 0.241 e. The zero-order valence-corrected chi connectivity index (χ0v) is 12.8. The van der Waals surface area contributed by atoms with Crippen LogP contribution in [0.25, 0.3) is 0 Å². The summed E-state index contributed by atoms with van der Waals surface area (Å²) in [7, 11) is 5.34. The molecule has 0 aliphatic carbocycles. The van der Waals surface area contributed by atoms with E-state index in [1.165, 1.54) is 0 Å². The number of guanidine groups is 1. The first-order chi connectivity index (χ1) is 9.40. The average molecular weight is 280 g/mol. The predicted molar refractivity (Wildman–Crippen MR) is 79.3 cm³/mol. The van der Waals surface area contributed by atoms with Gasteiger partial charge in [-0.15, -0.1) is 0 Å². The molecule has 0 atom stereocenters. The molecule has 112 valence electrons. The number of aliphatic imine (C=N–C) groups is 1. The van der Waals surface area contributed by atoms with Gasteiger partial charge in [-0.2, -0.15) is 5.10 Å². The molecule has 1 amide bonds. The summed E-state index contributed by atoms with van der Waals surface area (Å²) in [5.41, 5.74) is 1.01. The minimum atomic E-state index is 0.00351. The average Bonchev–Trinajstić information content (AvgIpc) is 2.77. The summed E-state index contributed by atoms with van der Waals surface area (Å²) in [4.78, 5) is 17.6. The van der Waals surface area contributed by atoms with Crippen LogP contribution in [0.4, 0.5) is 0 Å². The molecular weight excluding hydrogens is 256 g/mol. The van der Waals surface area contributed by atoms with Gasteiger partial charge in [-0.25, -0.2) is 4.99 Å². The molecule has 0 saturated heterocycles. The van der Waals surface area contributed by atoms with Crippen molar-refractivity contribution in [2.24, 2.45) is 12.0 Å². The Hall–Kier alpha value is -2.05. The third-order valence-corrected chi connectivity index (χ3v) is 2.65. The highest BCUT2D eigenvalue weighted by Crippen LogP contribution is 1.98. The van der Waals surface area contributed by atoms with Gasteiger partial charge in [0.1, 0.15) is 0 Å². The quantitative estimate of drug-likeness (QED) is 0.586. The highest BCUT2D eigenvalue weighted by atomic mass is 16.2. The van der Waals surface area contributed by atoms with Crippen LogP contribution in [0.3, 0.4) is 0 Å². The molecule has 0 unspecified atom stereocenters. The number of hydrogen-bond acceptors (Lipinski definition) is 3. The zero-order valence-electron chi connectivity index (χ0n) is 12.8. The molecular formula is C13H24N6O. The number of likely N-dealkylation sites (N-methyl/N-ethyl adjacent to an activating group) is 1. The number of aromatic nitrogens is 2. The lowest BCUT2D eigenvalue weighted by molar-refractivity contribution is -0.127. The second-order valence-electron chi connectivity index (χ2n) is 5.05. The molecule has 0 saturated carbocycles. The topological polar surface area (TPSA) is 74.5 Å². The van der Waals surface area contributed by atoms with Gasteiger partial charge in [-0.05, 0) is 19.9 Å². The van der Waals surface area contributed by atoms with E-state index in [1.54, 1.807) is 29.9 Å². The number of carbonyl (C=O) groups is 1. The molecule has 7 heteroatoms. The van der Waals surface area contributed by atoms with Gasteiger partial charge < -0.3 is 15.5 Å². The van der Waals surface area contributed by atoms with E-state index in [0.29, 0.717) is 12.5 Å². The monoisotopic (exact) mass is 280 g/mol. The van der Waals surface area contributed by atoms with E-state index in [1.807, 2.05) is 27.0 Å². The first kappa shape index (κ1) is 16.0. The largest absolute Gasteiger partial charge is 0.354 e.